The van der Waals surface area contributed by atoms with E-state index in [1.165, 1.54) is 0 Å². The Labute approximate surface area is 70.8 Å². The Morgan fingerprint density at radius 2 is 2.18 bits per heavy atom. The Hall–Kier alpha value is -0.455. The summed E-state index contributed by atoms with van der Waals surface area (Å²) >= 11 is 0. The fraction of sp³-hybridized carbons (Fsp3) is 0.600. The van der Waals surface area contributed by atoms with Gasteiger partial charge in [0, 0.05) is 0 Å². The average Bonchev–Trinajstić information content (AvgIpc) is 1.95. The Morgan fingerprint density at radius 1 is 1.55 bits per heavy atom. The fourth-order valence-electron chi connectivity index (χ4n) is 1.19. The number of allylic oxidation sites excluding steroid dienone is 4. The molecule has 0 spiro atoms. The van der Waals surface area contributed by atoms with Crippen LogP contribution >= 0.6 is 0 Å². The number of rotatable bonds is 1. The molecule has 0 heterocycles. The van der Waals surface area contributed by atoms with E-state index in [1.54, 1.807) is 0 Å². The van der Waals surface area contributed by atoms with Crippen LogP contribution in [0.4, 0.5) is 0 Å². The molecule has 0 aromatic rings. The van der Waals surface area contributed by atoms with Crippen molar-refractivity contribution in [2.24, 2.45) is 11.3 Å². The van der Waals surface area contributed by atoms with E-state index in [-0.39, 0.29) is 0 Å². The maximum Gasteiger partial charge on any atom is 0.113 e. The normalized spacial score (nSPS) is 30.7. The van der Waals surface area contributed by atoms with Crippen molar-refractivity contribution >= 4 is 7.85 Å². The zero-order chi connectivity index (χ0) is 8.48. The van der Waals surface area contributed by atoms with Crippen LogP contribution in [0.5, 0.6) is 0 Å². The molecule has 0 amide bonds. The second kappa shape index (κ2) is 2.88. The van der Waals surface area contributed by atoms with Crippen LogP contribution in [0.3, 0.4) is 0 Å². The third-order valence-corrected chi connectivity index (χ3v) is 2.75. The molecular formula is C10H15B. The maximum atomic E-state index is 5.63. The van der Waals surface area contributed by atoms with Gasteiger partial charge in [-0.25, -0.2) is 0 Å². The molecule has 1 aliphatic carbocycles. The van der Waals surface area contributed by atoms with Gasteiger partial charge < -0.3 is 0 Å². The summed E-state index contributed by atoms with van der Waals surface area (Å²) in [4.78, 5) is 0. The lowest BCUT2D eigenvalue weighted by atomic mass is 9.71. The summed E-state index contributed by atoms with van der Waals surface area (Å²) in [6.45, 7) is 6.77. The summed E-state index contributed by atoms with van der Waals surface area (Å²) in [6, 6.07) is 0. The Morgan fingerprint density at radius 3 is 2.55 bits per heavy atom. The third-order valence-electron chi connectivity index (χ3n) is 2.75. The minimum absolute atomic E-state index is 0.322. The van der Waals surface area contributed by atoms with E-state index in [4.69, 9.17) is 7.85 Å². The predicted octanol–water partition coefficient (Wildman–Crippen LogP) is 2.66. The molecule has 1 rings (SSSR count). The van der Waals surface area contributed by atoms with Gasteiger partial charge in [0.2, 0.25) is 0 Å². The van der Waals surface area contributed by atoms with Crippen LogP contribution in [0, 0.1) is 11.3 Å². The van der Waals surface area contributed by atoms with Crippen molar-refractivity contribution < 1.29 is 0 Å². The molecule has 0 nitrogen and oxygen atoms in total. The summed E-state index contributed by atoms with van der Waals surface area (Å²) in [5.74, 6) is 0.683. The van der Waals surface area contributed by atoms with Crippen molar-refractivity contribution in [2.75, 3.05) is 0 Å². The lowest BCUT2D eigenvalue weighted by Gasteiger charge is -2.31. The maximum absolute atomic E-state index is 5.63. The fourth-order valence-corrected chi connectivity index (χ4v) is 1.19. The quantitative estimate of drug-likeness (QED) is 0.499. The van der Waals surface area contributed by atoms with Crippen LogP contribution in [-0.2, 0) is 0 Å². The molecular weight excluding hydrogens is 131 g/mol. The second-order valence-corrected chi connectivity index (χ2v) is 3.90. The van der Waals surface area contributed by atoms with Gasteiger partial charge in [-0.05, 0) is 17.8 Å². The molecule has 0 bridgehead atoms. The predicted molar refractivity (Wildman–Crippen MR) is 50.5 cm³/mol. The van der Waals surface area contributed by atoms with Crippen LogP contribution in [0.1, 0.15) is 27.2 Å². The van der Waals surface area contributed by atoms with E-state index in [0.717, 1.165) is 11.9 Å². The highest BCUT2D eigenvalue weighted by atomic mass is 14.3. The molecule has 0 aromatic heterocycles. The molecule has 58 valence electrons. The standard InChI is InChI=1S/C10H15B/c1-8(2)10(3)6-4-9(11)5-7-10/h4-6,8H,7H2,1-3H3. The number of hydrogen-bond donors (Lipinski definition) is 0. The highest BCUT2D eigenvalue weighted by Crippen LogP contribution is 2.35. The Balaban J connectivity index is 2.74. The van der Waals surface area contributed by atoms with Gasteiger partial charge in [0.25, 0.3) is 0 Å². The van der Waals surface area contributed by atoms with Gasteiger partial charge in [0.1, 0.15) is 7.85 Å². The molecule has 0 aromatic carbocycles. The zero-order valence-corrected chi connectivity index (χ0v) is 7.59. The molecule has 1 atom stereocenters. The van der Waals surface area contributed by atoms with Crippen LogP contribution in [0.15, 0.2) is 23.7 Å². The number of hydrogen-bond acceptors (Lipinski definition) is 0. The van der Waals surface area contributed by atoms with Gasteiger partial charge in [0.15, 0.2) is 0 Å². The minimum atomic E-state index is 0.322. The van der Waals surface area contributed by atoms with Crippen LogP contribution in [-0.4, -0.2) is 7.85 Å². The van der Waals surface area contributed by atoms with E-state index in [0.29, 0.717) is 11.3 Å². The first-order valence-corrected chi connectivity index (χ1v) is 4.19. The molecule has 0 N–H and O–H groups in total. The molecule has 2 radical (unpaired) electrons. The van der Waals surface area contributed by atoms with E-state index >= 15 is 0 Å². The van der Waals surface area contributed by atoms with Gasteiger partial charge in [0.05, 0.1) is 0 Å². The van der Waals surface area contributed by atoms with Gasteiger partial charge in [-0.3, -0.25) is 0 Å². The molecule has 0 aliphatic heterocycles. The van der Waals surface area contributed by atoms with Crippen molar-refractivity contribution in [3.05, 3.63) is 23.7 Å². The highest BCUT2D eigenvalue weighted by molar-refractivity contribution is 6.23. The van der Waals surface area contributed by atoms with Crippen LogP contribution in [0.25, 0.3) is 0 Å². The first-order valence-electron chi connectivity index (χ1n) is 4.19. The second-order valence-electron chi connectivity index (χ2n) is 3.90. The first kappa shape index (κ1) is 8.64. The van der Waals surface area contributed by atoms with Crippen molar-refractivity contribution in [1.29, 1.82) is 0 Å². The Kier molecular flexibility index (Phi) is 2.27. The third kappa shape index (κ3) is 1.77. The van der Waals surface area contributed by atoms with Crippen molar-refractivity contribution in [3.8, 4) is 0 Å². The van der Waals surface area contributed by atoms with Gasteiger partial charge in [-0.15, -0.1) is 5.47 Å². The van der Waals surface area contributed by atoms with E-state index in [2.05, 4.69) is 32.9 Å². The van der Waals surface area contributed by atoms with Crippen LogP contribution in [0.2, 0.25) is 0 Å². The van der Waals surface area contributed by atoms with Gasteiger partial charge in [-0.1, -0.05) is 39.0 Å². The van der Waals surface area contributed by atoms with Crippen molar-refractivity contribution in [3.63, 3.8) is 0 Å². The molecule has 1 unspecified atom stereocenters. The van der Waals surface area contributed by atoms with Crippen molar-refractivity contribution in [2.45, 2.75) is 27.2 Å². The lowest BCUT2D eigenvalue weighted by Crippen LogP contribution is -2.21. The van der Waals surface area contributed by atoms with E-state index < -0.39 is 0 Å². The van der Waals surface area contributed by atoms with Crippen molar-refractivity contribution in [1.82, 2.24) is 0 Å². The summed E-state index contributed by atoms with van der Waals surface area (Å²) in [7, 11) is 5.63. The molecule has 1 aliphatic rings. The monoisotopic (exact) mass is 146 g/mol. The SMILES string of the molecule is [B]C1=CCC(C)(C(C)C)C=C1. The van der Waals surface area contributed by atoms with Gasteiger partial charge >= 0.3 is 0 Å². The molecule has 1 heteroatoms. The zero-order valence-electron chi connectivity index (χ0n) is 7.59. The summed E-state index contributed by atoms with van der Waals surface area (Å²) in [5, 5.41) is 0. The molecule has 0 fully saturated rings. The van der Waals surface area contributed by atoms with E-state index in [1.807, 2.05) is 6.08 Å². The molecule has 11 heavy (non-hydrogen) atoms. The minimum Gasteiger partial charge on any atom is -0.101 e. The lowest BCUT2D eigenvalue weighted by molar-refractivity contribution is 0.299. The smallest absolute Gasteiger partial charge is 0.101 e. The first-order chi connectivity index (χ1) is 5.04. The summed E-state index contributed by atoms with van der Waals surface area (Å²) in [6.07, 6.45) is 7.43. The summed E-state index contributed by atoms with van der Waals surface area (Å²) in [5.41, 5.74) is 1.23. The topological polar surface area (TPSA) is 0 Å². The summed E-state index contributed by atoms with van der Waals surface area (Å²) < 4.78 is 0. The molecule has 0 saturated heterocycles. The van der Waals surface area contributed by atoms with E-state index in [9.17, 15) is 0 Å². The molecule has 0 saturated carbocycles. The highest BCUT2D eigenvalue weighted by Gasteiger charge is 2.25. The van der Waals surface area contributed by atoms with Crippen LogP contribution < -0.4 is 0 Å². The average molecular weight is 146 g/mol. The van der Waals surface area contributed by atoms with Gasteiger partial charge in [-0.2, -0.15) is 0 Å². The Bertz CT molecular complexity index is 201. The largest absolute Gasteiger partial charge is 0.113 e.